The number of ether oxygens (including phenoxy) is 1. The lowest BCUT2D eigenvalue weighted by Gasteiger charge is -2.40. The number of aromatic nitrogens is 6. The van der Waals surface area contributed by atoms with Crippen molar-refractivity contribution in [2.24, 2.45) is 0 Å². The van der Waals surface area contributed by atoms with Gasteiger partial charge in [-0.3, -0.25) is 9.97 Å². The van der Waals surface area contributed by atoms with Crippen LogP contribution in [0.25, 0.3) is 121 Å². The van der Waals surface area contributed by atoms with Gasteiger partial charge in [-0.25, -0.2) is 0 Å². The predicted octanol–water partition coefficient (Wildman–Crippen LogP) is 16.8. The summed E-state index contributed by atoms with van der Waals surface area (Å²) in [5.74, 6) is 1.23. The molecule has 86 heavy (non-hydrogen) atoms. The van der Waals surface area contributed by atoms with Crippen LogP contribution in [0.3, 0.4) is 0 Å². The minimum absolute atomic E-state index is 0.561. The molecule has 7 heterocycles. The highest BCUT2D eigenvalue weighted by molar-refractivity contribution is 6.13. The Bertz CT molecular complexity index is 5600. The second kappa shape index (κ2) is 17.2. The minimum Gasteiger partial charge on any atom is -0.452 e. The van der Waals surface area contributed by atoms with Gasteiger partial charge >= 0.3 is 0 Å². The summed E-state index contributed by atoms with van der Waals surface area (Å²) < 4.78 is 16.9. The summed E-state index contributed by atoms with van der Waals surface area (Å²) in [6.45, 7) is 0. The summed E-state index contributed by atoms with van der Waals surface area (Å²) in [5.41, 5.74) is 16.6. The number of nitrogens with zero attached hydrogens (tertiary/aromatic N) is 10. The van der Waals surface area contributed by atoms with Crippen molar-refractivity contribution in [3.63, 3.8) is 0 Å². The van der Waals surface area contributed by atoms with Gasteiger partial charge < -0.3 is 23.0 Å². The summed E-state index contributed by atoms with van der Waals surface area (Å²) in [4.78, 5) is 11.1. The van der Waals surface area contributed by atoms with Gasteiger partial charge in [0.1, 0.15) is 0 Å². The summed E-state index contributed by atoms with van der Waals surface area (Å²) in [5, 5.41) is 48.7. The fourth-order valence-corrected chi connectivity index (χ4v) is 14.5. The molecule has 0 N–H and O–H groups in total. The summed E-state index contributed by atoms with van der Waals surface area (Å²) in [6, 6.07) is 83.6. The maximum absolute atomic E-state index is 10.3. The van der Waals surface area contributed by atoms with Gasteiger partial charge in [0.25, 0.3) is 0 Å². The van der Waals surface area contributed by atoms with Crippen LogP contribution < -0.4 is 4.74 Å². The van der Waals surface area contributed by atoms with Gasteiger partial charge in [-0.05, 0) is 121 Å². The Morgan fingerprint density at radius 3 is 0.965 bits per heavy atom. The Hall–Kier alpha value is -12.5. The van der Waals surface area contributed by atoms with E-state index in [4.69, 9.17) is 14.7 Å². The van der Waals surface area contributed by atoms with E-state index in [1.54, 1.807) is 0 Å². The van der Waals surface area contributed by atoms with Crippen LogP contribution in [0.2, 0.25) is 0 Å². The van der Waals surface area contributed by atoms with Crippen molar-refractivity contribution in [2.75, 3.05) is 0 Å². The van der Waals surface area contributed by atoms with Crippen LogP contribution in [0.5, 0.6) is 11.5 Å². The van der Waals surface area contributed by atoms with Crippen molar-refractivity contribution in [2.45, 2.75) is 5.41 Å². The van der Waals surface area contributed by atoms with Crippen LogP contribution in [0.4, 0.5) is 0 Å². The highest BCUT2D eigenvalue weighted by Crippen LogP contribution is 2.64. The van der Waals surface area contributed by atoms with E-state index in [9.17, 15) is 21.0 Å². The zero-order valence-corrected chi connectivity index (χ0v) is 45.3. The molecule has 1 aliphatic heterocycles. The molecule has 11 nitrogen and oxygen atoms in total. The molecule has 11 heteroatoms. The number of rotatable bonds is 4. The molecular weight excluding hydrogens is 1060 g/mol. The van der Waals surface area contributed by atoms with E-state index >= 15 is 0 Å². The molecule has 0 radical (unpaired) electrons. The van der Waals surface area contributed by atoms with Crippen molar-refractivity contribution >= 4 is 87.2 Å². The maximum atomic E-state index is 10.3. The van der Waals surface area contributed by atoms with Gasteiger partial charge in [-0.1, -0.05) is 97.1 Å². The van der Waals surface area contributed by atoms with Crippen molar-refractivity contribution < 1.29 is 4.74 Å². The Balaban J connectivity index is 1.02. The van der Waals surface area contributed by atoms with E-state index < -0.39 is 5.41 Å². The molecule has 18 rings (SSSR count). The molecule has 0 fully saturated rings. The van der Waals surface area contributed by atoms with Crippen molar-refractivity contribution in [3.05, 3.63) is 275 Å². The molecule has 0 bridgehead atoms. The highest BCUT2D eigenvalue weighted by atomic mass is 16.5. The molecule has 0 amide bonds. The first-order chi connectivity index (χ1) is 42.5. The third-order valence-corrected chi connectivity index (χ3v) is 18.0. The third kappa shape index (κ3) is 6.08. The van der Waals surface area contributed by atoms with Gasteiger partial charge in [0.2, 0.25) is 0 Å². The van der Waals surface area contributed by atoms with E-state index in [1.165, 1.54) is 0 Å². The smallest absolute Gasteiger partial charge is 0.156 e. The average Bonchev–Trinajstić information content (AvgIpc) is 1.49. The zero-order chi connectivity index (χ0) is 57.1. The SMILES string of the molecule is N#Cc1ccc2c(c1)c1ccccc1n2-c1cnc2c(c1)C1(c3cc(-n4c5ccccc5c5cc(C#N)ccc54)cnc3-2)c2cccc(-n3c4ccccc4c4cc(C#N)ccc43)c2Oc2c(-n3c4ccccc4c4cc(C#N)ccc43)cccc21. The van der Waals surface area contributed by atoms with E-state index in [0.29, 0.717) is 45.1 Å². The first-order valence-electron chi connectivity index (χ1n) is 28.2. The average molecular weight is 1100 g/mol. The lowest BCUT2D eigenvalue weighted by atomic mass is 9.66. The second-order valence-corrected chi connectivity index (χ2v) is 22.1. The van der Waals surface area contributed by atoms with Gasteiger partial charge in [0.15, 0.2) is 11.5 Å². The molecule has 6 aromatic heterocycles. The Morgan fingerprint density at radius 1 is 0.302 bits per heavy atom. The number of benzene rings is 10. The van der Waals surface area contributed by atoms with Crippen LogP contribution in [0.15, 0.2) is 231 Å². The van der Waals surface area contributed by atoms with Gasteiger partial charge in [0.05, 0.1) is 143 Å². The topological polar surface area (TPSA) is 150 Å². The second-order valence-electron chi connectivity index (χ2n) is 22.1. The summed E-state index contributed by atoms with van der Waals surface area (Å²) in [6.07, 6.45) is 3.88. The highest BCUT2D eigenvalue weighted by Gasteiger charge is 2.54. The lowest BCUT2D eigenvalue weighted by molar-refractivity contribution is 0.433. The Morgan fingerprint density at radius 2 is 0.616 bits per heavy atom. The first-order valence-corrected chi connectivity index (χ1v) is 28.2. The molecule has 1 aliphatic carbocycles. The fourth-order valence-electron chi connectivity index (χ4n) is 14.5. The number of nitriles is 4. The molecular formula is C75H38N10O. The number of hydrogen-bond donors (Lipinski definition) is 0. The van der Waals surface area contributed by atoms with Crippen LogP contribution in [-0.2, 0) is 5.41 Å². The molecule has 16 aromatic rings. The molecule has 0 saturated carbocycles. The summed E-state index contributed by atoms with van der Waals surface area (Å²) in [7, 11) is 0. The van der Waals surface area contributed by atoms with Crippen LogP contribution in [0, 0.1) is 45.3 Å². The maximum Gasteiger partial charge on any atom is 0.156 e. The molecule has 394 valence electrons. The minimum atomic E-state index is -1.22. The monoisotopic (exact) mass is 1090 g/mol. The van der Waals surface area contributed by atoms with Crippen molar-refractivity contribution in [1.29, 1.82) is 21.0 Å². The molecule has 0 unspecified atom stereocenters. The molecule has 0 saturated heterocycles. The predicted molar refractivity (Wildman–Crippen MR) is 336 cm³/mol. The molecule has 0 atom stereocenters. The quantitative estimate of drug-likeness (QED) is 0.170. The number of para-hydroxylation sites is 6. The number of hydrogen-bond acceptors (Lipinski definition) is 7. The summed E-state index contributed by atoms with van der Waals surface area (Å²) >= 11 is 0. The number of pyridine rings is 2. The normalized spacial score (nSPS) is 12.8. The molecule has 10 aromatic carbocycles. The number of fused-ring (bicyclic) bond motifs is 21. The Kier molecular flexibility index (Phi) is 9.45. The Labute approximate surface area is 489 Å². The van der Waals surface area contributed by atoms with E-state index in [1.807, 2.05) is 134 Å². The van der Waals surface area contributed by atoms with Crippen LogP contribution in [0.1, 0.15) is 44.5 Å². The standard InChI is InChI=1S/C75H38N10O/c76-37-43-23-27-65-53(31-43)49-11-1-5-17-61(49)82(65)47-35-59-71(80-41-47)72-60(36-48(42-81-72)83-62-18-6-2-12-50(62)54-32-44(38-77)24-28-66(54)83)75(59)57-15-9-21-69(84-63-19-7-3-13-51(63)55-33-45(39-78)25-29-67(55)84)73(57)86-74-58(75)16-10-22-70(74)85-64-20-8-4-14-52(64)56-34-46(40-79)26-30-68(56)85/h1-36,41-42H. The lowest BCUT2D eigenvalue weighted by Crippen LogP contribution is -2.33. The third-order valence-electron chi connectivity index (χ3n) is 18.0. The van der Waals surface area contributed by atoms with Crippen LogP contribution in [-0.4, -0.2) is 28.2 Å². The fraction of sp³-hybridized carbons (Fsp3) is 0.0133. The van der Waals surface area contributed by atoms with Gasteiger partial charge in [0, 0.05) is 65.3 Å². The van der Waals surface area contributed by atoms with Crippen LogP contribution >= 0.6 is 0 Å². The molecule has 2 aliphatic rings. The van der Waals surface area contributed by atoms with E-state index in [0.717, 1.165) is 132 Å². The largest absolute Gasteiger partial charge is 0.452 e. The van der Waals surface area contributed by atoms with E-state index in [2.05, 4.69) is 140 Å². The van der Waals surface area contributed by atoms with Crippen molar-refractivity contribution in [3.8, 4) is 69.9 Å². The zero-order valence-electron chi connectivity index (χ0n) is 45.3. The van der Waals surface area contributed by atoms with Gasteiger partial charge in [-0.15, -0.1) is 0 Å². The van der Waals surface area contributed by atoms with Gasteiger partial charge in [-0.2, -0.15) is 21.0 Å². The van der Waals surface area contributed by atoms with E-state index in [-0.39, 0.29) is 0 Å². The molecule has 1 spiro atoms. The first kappa shape index (κ1) is 47.1. The van der Waals surface area contributed by atoms with Crippen molar-refractivity contribution in [1.82, 2.24) is 28.2 Å².